The van der Waals surface area contributed by atoms with Gasteiger partial charge in [-0.05, 0) is 74.7 Å². The molecule has 2 amide bonds. The van der Waals surface area contributed by atoms with Crippen LogP contribution in [0.2, 0.25) is 0 Å². The summed E-state index contributed by atoms with van der Waals surface area (Å²) in [5, 5.41) is 0. The minimum absolute atomic E-state index is 0.221. The van der Waals surface area contributed by atoms with Crippen LogP contribution < -0.4 is 15.1 Å². The number of imidazole rings is 1. The van der Waals surface area contributed by atoms with E-state index in [0.717, 1.165) is 11.1 Å². The minimum Gasteiger partial charge on any atom is -0.497 e. The predicted molar refractivity (Wildman–Crippen MR) is 162 cm³/mol. The minimum atomic E-state index is -0.706. The summed E-state index contributed by atoms with van der Waals surface area (Å²) in [5.74, 6) is 0.515. The molecular formula is C33H36FN5O5. The molecule has 230 valence electrons. The van der Waals surface area contributed by atoms with Gasteiger partial charge in [-0.25, -0.2) is 9.18 Å². The Morgan fingerprint density at radius 1 is 1.07 bits per heavy atom. The van der Waals surface area contributed by atoms with Crippen molar-refractivity contribution in [3.8, 4) is 22.6 Å². The van der Waals surface area contributed by atoms with Crippen LogP contribution in [0.4, 0.5) is 9.18 Å². The fraction of sp³-hybridized carbons (Fsp3) is 0.333. The van der Waals surface area contributed by atoms with E-state index in [0.29, 0.717) is 46.0 Å². The maximum atomic E-state index is 14.1. The second-order valence-electron chi connectivity index (χ2n) is 11.7. The van der Waals surface area contributed by atoms with Gasteiger partial charge in [-0.1, -0.05) is 6.07 Å². The van der Waals surface area contributed by atoms with Gasteiger partial charge in [0.05, 0.1) is 38.0 Å². The van der Waals surface area contributed by atoms with E-state index >= 15 is 0 Å². The number of amides is 2. The van der Waals surface area contributed by atoms with Crippen molar-refractivity contribution in [1.82, 2.24) is 19.0 Å². The Bertz CT molecular complexity index is 1790. The van der Waals surface area contributed by atoms with E-state index in [-0.39, 0.29) is 31.4 Å². The number of fused-ring (bicyclic) bond motifs is 1. The van der Waals surface area contributed by atoms with Gasteiger partial charge in [-0.15, -0.1) is 4.99 Å². The Kier molecular flexibility index (Phi) is 8.57. The summed E-state index contributed by atoms with van der Waals surface area (Å²) in [4.78, 5) is 37.0. The molecule has 44 heavy (non-hydrogen) atoms. The zero-order valence-electron chi connectivity index (χ0n) is 25.8. The first-order valence-corrected chi connectivity index (χ1v) is 14.3. The first-order valence-electron chi connectivity index (χ1n) is 14.3. The molecule has 2 aromatic heterocycles. The van der Waals surface area contributed by atoms with E-state index in [9.17, 15) is 14.0 Å². The number of pyridine rings is 1. The van der Waals surface area contributed by atoms with Crippen LogP contribution in [-0.2, 0) is 24.9 Å². The van der Waals surface area contributed by atoms with Crippen LogP contribution in [0.15, 0.2) is 66.0 Å². The van der Waals surface area contributed by atoms with E-state index in [2.05, 4.69) is 9.98 Å². The van der Waals surface area contributed by atoms with Crippen molar-refractivity contribution in [2.75, 3.05) is 20.3 Å². The molecule has 0 fully saturated rings. The number of ether oxygens (including phenoxy) is 3. The molecule has 0 atom stereocenters. The number of carbonyl (C=O) groups excluding carboxylic acids is 2. The van der Waals surface area contributed by atoms with Crippen LogP contribution in [0.25, 0.3) is 11.1 Å². The predicted octanol–water partition coefficient (Wildman–Crippen LogP) is 5.26. The summed E-state index contributed by atoms with van der Waals surface area (Å²) in [5.41, 5.74) is 3.63. The topological polar surface area (TPSA) is 100 Å². The largest absolute Gasteiger partial charge is 0.497 e. The smallest absolute Gasteiger partial charge is 0.437 e. The van der Waals surface area contributed by atoms with Gasteiger partial charge in [0, 0.05) is 37.3 Å². The highest BCUT2D eigenvalue weighted by Gasteiger charge is 2.28. The lowest BCUT2D eigenvalue weighted by Gasteiger charge is -2.20. The van der Waals surface area contributed by atoms with Gasteiger partial charge < -0.3 is 28.2 Å². The van der Waals surface area contributed by atoms with E-state index < -0.39 is 11.7 Å². The highest BCUT2D eigenvalue weighted by molar-refractivity contribution is 6.00. The molecule has 0 bridgehead atoms. The summed E-state index contributed by atoms with van der Waals surface area (Å²) in [6, 6.07) is 11.8. The Morgan fingerprint density at radius 2 is 1.84 bits per heavy atom. The zero-order valence-corrected chi connectivity index (χ0v) is 25.8. The van der Waals surface area contributed by atoms with Gasteiger partial charge in [-0.3, -0.25) is 9.78 Å². The normalized spacial score (nSPS) is 13.8. The monoisotopic (exact) mass is 601 g/mol. The standard InChI is InChI=1S/C33H36FN5O5/c1-21-15-23(34)7-8-26(21)27-16-22(19-39-12-11-37(5)31(39)36-32(41)44-33(2,3)4)17-28-29(27)43-14-13-38(30(28)40)20-24-18-25(42-6)9-10-35-24/h7-12,15-18H,13-14,19-20H2,1-6H3. The number of hydrogen-bond donors (Lipinski definition) is 0. The third-order valence-corrected chi connectivity index (χ3v) is 7.11. The van der Waals surface area contributed by atoms with Crippen molar-refractivity contribution in [2.24, 2.45) is 12.0 Å². The Morgan fingerprint density at radius 3 is 2.57 bits per heavy atom. The van der Waals surface area contributed by atoms with Crippen molar-refractivity contribution in [1.29, 1.82) is 0 Å². The molecule has 2 aromatic carbocycles. The van der Waals surface area contributed by atoms with Gasteiger partial charge >= 0.3 is 6.09 Å². The van der Waals surface area contributed by atoms with Crippen molar-refractivity contribution in [3.05, 3.63) is 94.9 Å². The van der Waals surface area contributed by atoms with Gasteiger partial charge in [0.2, 0.25) is 5.62 Å². The van der Waals surface area contributed by atoms with E-state index in [4.69, 9.17) is 14.2 Å². The van der Waals surface area contributed by atoms with Crippen molar-refractivity contribution >= 4 is 12.0 Å². The molecule has 1 aliphatic rings. The highest BCUT2D eigenvalue weighted by atomic mass is 19.1. The molecule has 1 aliphatic heterocycles. The van der Waals surface area contributed by atoms with Crippen molar-refractivity contribution in [2.45, 2.75) is 46.4 Å². The highest BCUT2D eigenvalue weighted by Crippen LogP contribution is 2.38. The third kappa shape index (κ3) is 6.82. The van der Waals surface area contributed by atoms with Crippen LogP contribution >= 0.6 is 0 Å². The summed E-state index contributed by atoms with van der Waals surface area (Å²) < 4.78 is 34.6. The molecule has 0 unspecified atom stereocenters. The molecule has 11 heteroatoms. The summed E-state index contributed by atoms with van der Waals surface area (Å²) >= 11 is 0. The SMILES string of the molecule is COc1ccnc(CN2CCOc3c(cc(Cn4ccn(C)c4=NC(=O)OC(C)(C)C)cc3-c3ccc(F)cc3C)C2=O)c1. The molecule has 0 radical (unpaired) electrons. The quantitative estimate of drug-likeness (QED) is 0.299. The lowest BCUT2D eigenvalue weighted by molar-refractivity contribution is 0.0593. The molecular weight excluding hydrogens is 565 g/mol. The second kappa shape index (κ2) is 12.4. The number of aromatic nitrogens is 3. The van der Waals surface area contributed by atoms with Gasteiger partial charge in [0.25, 0.3) is 5.91 Å². The van der Waals surface area contributed by atoms with Crippen molar-refractivity contribution in [3.63, 3.8) is 0 Å². The Labute approximate surface area is 255 Å². The summed E-state index contributed by atoms with van der Waals surface area (Å²) in [6.07, 6.45) is 4.53. The third-order valence-electron chi connectivity index (χ3n) is 7.11. The first kappa shape index (κ1) is 30.5. The fourth-order valence-electron chi connectivity index (χ4n) is 5.12. The number of benzene rings is 2. The number of nitrogens with zero attached hydrogens (tertiary/aromatic N) is 5. The number of methoxy groups -OCH3 is 1. The van der Waals surface area contributed by atoms with Crippen LogP contribution in [0.1, 0.15) is 48.0 Å². The van der Waals surface area contributed by atoms with Gasteiger partial charge in [0.1, 0.15) is 29.5 Å². The maximum Gasteiger partial charge on any atom is 0.437 e. The molecule has 0 aliphatic carbocycles. The number of halogens is 1. The number of hydrogen-bond acceptors (Lipinski definition) is 6. The second-order valence-corrected chi connectivity index (χ2v) is 11.7. The molecule has 0 N–H and O–H groups in total. The molecule has 10 nitrogen and oxygen atoms in total. The Hall–Kier alpha value is -4.93. The maximum absolute atomic E-state index is 14.1. The van der Waals surface area contributed by atoms with Crippen LogP contribution in [0, 0.1) is 12.7 Å². The molecule has 3 heterocycles. The first-order chi connectivity index (χ1) is 20.9. The van der Waals surface area contributed by atoms with Crippen LogP contribution in [0.5, 0.6) is 11.5 Å². The van der Waals surface area contributed by atoms with Crippen LogP contribution in [0.3, 0.4) is 0 Å². The lowest BCUT2D eigenvalue weighted by Crippen LogP contribution is -2.32. The molecule has 5 rings (SSSR count). The molecule has 0 spiro atoms. The van der Waals surface area contributed by atoms with Crippen molar-refractivity contribution < 1.29 is 28.2 Å². The summed E-state index contributed by atoms with van der Waals surface area (Å²) in [6.45, 7) is 8.31. The lowest BCUT2D eigenvalue weighted by atomic mass is 9.94. The fourth-order valence-corrected chi connectivity index (χ4v) is 5.12. The molecule has 4 aromatic rings. The van der Waals surface area contributed by atoms with Gasteiger partial charge in [-0.2, -0.15) is 0 Å². The average molecular weight is 602 g/mol. The van der Waals surface area contributed by atoms with Crippen LogP contribution in [-0.4, -0.2) is 56.9 Å². The zero-order chi connectivity index (χ0) is 31.6. The van der Waals surface area contributed by atoms with E-state index in [1.807, 2.05) is 13.0 Å². The number of rotatable bonds is 6. The number of aryl methyl sites for hydroxylation is 2. The average Bonchev–Trinajstić information content (AvgIpc) is 3.20. The number of carbonyl (C=O) groups is 2. The van der Waals surface area contributed by atoms with E-state index in [1.54, 1.807) is 91.8 Å². The summed E-state index contributed by atoms with van der Waals surface area (Å²) in [7, 11) is 3.36. The molecule has 0 saturated carbocycles. The molecule has 0 saturated heterocycles. The van der Waals surface area contributed by atoms with E-state index in [1.165, 1.54) is 12.1 Å². The Balaban J connectivity index is 1.59. The van der Waals surface area contributed by atoms with Gasteiger partial charge in [0.15, 0.2) is 0 Å².